The molecule has 0 saturated heterocycles. The third kappa shape index (κ3) is 5.04. The third-order valence-electron chi connectivity index (χ3n) is 9.97. The Kier molecular flexibility index (Phi) is 7.17. The van der Waals surface area contributed by atoms with Crippen molar-refractivity contribution in [1.82, 2.24) is 19.9 Å². The molecular weight excluding hydrogens is 633 g/mol. The number of anilines is 2. The molecule has 0 saturated carbocycles. The Bertz CT molecular complexity index is 2570. The molecule has 0 radical (unpaired) electrons. The second kappa shape index (κ2) is 12.4. The summed E-state index contributed by atoms with van der Waals surface area (Å²) in [6.45, 7) is -0.0999. The first kappa shape index (κ1) is 30.0. The first-order valence-electron chi connectivity index (χ1n) is 17.5. The van der Waals surface area contributed by atoms with Crippen LogP contribution in [0.3, 0.4) is 0 Å². The van der Waals surface area contributed by atoms with Gasteiger partial charge in [-0.05, 0) is 51.5 Å². The summed E-state index contributed by atoms with van der Waals surface area (Å²) >= 11 is 0. The maximum atomic E-state index is 5.07. The molecule has 5 nitrogen and oxygen atoms in total. The molecule has 0 atom stereocenters. The minimum atomic E-state index is -0.0999. The Labute approximate surface area is 302 Å². The third-order valence-corrected chi connectivity index (χ3v) is 9.97. The molecule has 8 aromatic rings. The second-order valence-electron chi connectivity index (χ2n) is 13.0. The van der Waals surface area contributed by atoms with Crippen LogP contribution in [-0.4, -0.2) is 26.8 Å². The van der Waals surface area contributed by atoms with Crippen LogP contribution in [0.2, 0.25) is 0 Å². The van der Waals surface area contributed by atoms with Crippen molar-refractivity contribution >= 4 is 29.9 Å². The van der Waals surface area contributed by atoms with Crippen LogP contribution >= 0.6 is 0 Å². The number of aromatic nitrogens is 4. The summed E-state index contributed by atoms with van der Waals surface area (Å²) in [7, 11) is 0. The van der Waals surface area contributed by atoms with Crippen molar-refractivity contribution in [2.75, 3.05) is 4.81 Å². The SMILES string of the molecule is C1=Cc2cccnc2N2B1c1c(ccc(-c3ccccc3)c1-c1ccccc1)-c1ccc(-c3nc(-c4ccccc4)nc(-c4ccccc4)n3)cc12. The van der Waals surface area contributed by atoms with Crippen LogP contribution in [0.4, 0.5) is 11.5 Å². The average molecular weight is 664 g/mol. The van der Waals surface area contributed by atoms with Crippen molar-refractivity contribution in [2.24, 2.45) is 0 Å². The first-order chi connectivity index (χ1) is 25.8. The summed E-state index contributed by atoms with van der Waals surface area (Å²) in [5.41, 5.74) is 13.4. The molecule has 2 aromatic heterocycles. The van der Waals surface area contributed by atoms with Crippen LogP contribution in [0.25, 0.3) is 73.6 Å². The van der Waals surface area contributed by atoms with Crippen molar-refractivity contribution in [1.29, 1.82) is 0 Å². The van der Waals surface area contributed by atoms with E-state index < -0.39 is 0 Å². The zero-order chi connectivity index (χ0) is 34.4. The van der Waals surface area contributed by atoms with E-state index in [4.69, 9.17) is 19.9 Å². The van der Waals surface area contributed by atoms with Crippen molar-refractivity contribution in [3.05, 3.63) is 182 Å². The minimum Gasteiger partial charge on any atom is -0.361 e. The van der Waals surface area contributed by atoms with E-state index in [1.165, 1.54) is 33.3 Å². The van der Waals surface area contributed by atoms with Crippen LogP contribution in [0.5, 0.6) is 0 Å². The van der Waals surface area contributed by atoms with Crippen LogP contribution in [0.15, 0.2) is 176 Å². The smallest absolute Gasteiger partial charge is 0.323 e. The fourth-order valence-electron chi connectivity index (χ4n) is 7.61. The summed E-state index contributed by atoms with van der Waals surface area (Å²) in [6.07, 6.45) is 4.10. The fourth-order valence-corrected chi connectivity index (χ4v) is 7.61. The first-order valence-corrected chi connectivity index (χ1v) is 17.5. The molecule has 2 aliphatic rings. The van der Waals surface area contributed by atoms with E-state index >= 15 is 0 Å². The topological polar surface area (TPSA) is 54.8 Å². The predicted molar refractivity (Wildman–Crippen MR) is 213 cm³/mol. The maximum absolute atomic E-state index is 5.07. The lowest BCUT2D eigenvalue weighted by Gasteiger charge is -2.40. The van der Waals surface area contributed by atoms with E-state index in [0.29, 0.717) is 17.5 Å². The van der Waals surface area contributed by atoms with Gasteiger partial charge in [-0.3, -0.25) is 0 Å². The molecule has 6 heteroatoms. The highest BCUT2D eigenvalue weighted by atomic mass is 15.2. The molecule has 0 bridgehead atoms. The number of hydrogen-bond donors (Lipinski definition) is 0. The van der Waals surface area contributed by atoms with E-state index in [2.05, 4.69) is 114 Å². The van der Waals surface area contributed by atoms with Gasteiger partial charge in [0.15, 0.2) is 17.5 Å². The minimum absolute atomic E-state index is 0.0999. The van der Waals surface area contributed by atoms with Gasteiger partial charge < -0.3 is 4.81 Å². The molecule has 4 heterocycles. The Morgan fingerprint density at radius 3 is 1.62 bits per heavy atom. The molecule has 52 heavy (non-hydrogen) atoms. The number of rotatable bonds is 5. The number of nitrogens with zero attached hydrogens (tertiary/aromatic N) is 5. The molecule has 10 rings (SSSR count). The van der Waals surface area contributed by atoms with Crippen molar-refractivity contribution < 1.29 is 0 Å². The lowest BCUT2D eigenvalue weighted by Crippen LogP contribution is -2.51. The van der Waals surface area contributed by atoms with Gasteiger partial charge in [0, 0.05) is 39.7 Å². The molecule has 2 aliphatic heterocycles. The molecule has 0 fully saturated rings. The van der Waals surface area contributed by atoms with Gasteiger partial charge in [0.05, 0.1) is 0 Å². The second-order valence-corrected chi connectivity index (χ2v) is 13.0. The zero-order valence-electron chi connectivity index (χ0n) is 28.1. The van der Waals surface area contributed by atoms with E-state index in [-0.39, 0.29) is 6.85 Å². The monoisotopic (exact) mass is 663 g/mol. The molecule has 0 amide bonds. The number of pyridine rings is 1. The predicted octanol–water partition coefficient (Wildman–Crippen LogP) is 10.2. The van der Waals surface area contributed by atoms with Gasteiger partial charge >= 0.3 is 6.85 Å². The average Bonchev–Trinajstić information content (AvgIpc) is 3.24. The standard InChI is InChI=1S/C46H30BN5/c1-5-14-31(15-6-1)37-25-26-39-38-24-23-36(45-50-43(33-18-9-3-10-19-33)49-44(51-45)34-20-11-4-12-21-34)30-40(38)52-46-35(22-13-29-48-46)27-28-47(52)42(39)41(37)32-16-7-2-8-17-32/h1-30H. The number of benzene rings is 6. The zero-order valence-corrected chi connectivity index (χ0v) is 28.1. The molecule has 0 aliphatic carbocycles. The molecular formula is C46H30BN5. The van der Waals surface area contributed by atoms with Crippen molar-refractivity contribution in [3.63, 3.8) is 0 Å². The quantitative estimate of drug-likeness (QED) is 0.172. The van der Waals surface area contributed by atoms with Crippen LogP contribution in [0.1, 0.15) is 5.56 Å². The summed E-state index contributed by atoms with van der Waals surface area (Å²) in [5.74, 6) is 5.15. The van der Waals surface area contributed by atoms with E-state index in [9.17, 15) is 0 Å². The highest BCUT2D eigenvalue weighted by Crippen LogP contribution is 2.47. The lowest BCUT2D eigenvalue weighted by molar-refractivity contribution is 1.07. The molecule has 242 valence electrons. The summed E-state index contributed by atoms with van der Waals surface area (Å²) in [5, 5.41) is 0. The van der Waals surface area contributed by atoms with Gasteiger partial charge in [-0.2, -0.15) is 0 Å². The van der Waals surface area contributed by atoms with Gasteiger partial charge in [0.25, 0.3) is 0 Å². The Morgan fingerprint density at radius 2 is 0.981 bits per heavy atom. The molecule has 0 spiro atoms. The van der Waals surface area contributed by atoms with Crippen LogP contribution in [0, 0.1) is 0 Å². The lowest BCUT2D eigenvalue weighted by atomic mass is 9.47. The van der Waals surface area contributed by atoms with Crippen LogP contribution in [-0.2, 0) is 0 Å². The normalized spacial score (nSPS) is 12.5. The number of fused-ring (bicyclic) bond motifs is 8. The highest BCUT2D eigenvalue weighted by molar-refractivity contribution is 6.86. The molecule has 0 unspecified atom stereocenters. The van der Waals surface area contributed by atoms with Gasteiger partial charge in [0.2, 0.25) is 0 Å². The van der Waals surface area contributed by atoms with E-state index in [1.807, 2.05) is 72.9 Å². The van der Waals surface area contributed by atoms with Crippen molar-refractivity contribution in [2.45, 2.75) is 0 Å². The van der Waals surface area contributed by atoms with Gasteiger partial charge in [0.1, 0.15) is 5.82 Å². The Morgan fingerprint density at radius 1 is 0.442 bits per heavy atom. The summed E-state index contributed by atoms with van der Waals surface area (Å²) < 4.78 is 0. The summed E-state index contributed by atoms with van der Waals surface area (Å²) in [4.78, 5) is 22.5. The van der Waals surface area contributed by atoms with Gasteiger partial charge in [-0.1, -0.05) is 158 Å². The van der Waals surface area contributed by atoms with E-state index in [1.54, 1.807) is 0 Å². The number of hydrogen-bond acceptors (Lipinski definition) is 5. The fraction of sp³-hybridized carbons (Fsp3) is 0. The maximum Gasteiger partial charge on any atom is 0.323 e. The van der Waals surface area contributed by atoms with Crippen molar-refractivity contribution in [3.8, 4) is 67.5 Å². The molecule has 6 aromatic carbocycles. The van der Waals surface area contributed by atoms with E-state index in [0.717, 1.165) is 39.3 Å². The Balaban J connectivity index is 1.23. The highest BCUT2D eigenvalue weighted by Gasteiger charge is 2.40. The largest absolute Gasteiger partial charge is 0.361 e. The summed E-state index contributed by atoms with van der Waals surface area (Å²) in [6, 6.07) is 57.0. The molecule has 0 N–H and O–H groups in total. The van der Waals surface area contributed by atoms with Gasteiger partial charge in [-0.25, -0.2) is 19.9 Å². The van der Waals surface area contributed by atoms with Gasteiger partial charge in [-0.15, -0.1) is 0 Å². The Hall–Kier alpha value is -6.92. The van der Waals surface area contributed by atoms with Crippen LogP contribution < -0.4 is 10.3 Å².